The van der Waals surface area contributed by atoms with Gasteiger partial charge < -0.3 is 14.6 Å². The maximum Gasteiger partial charge on any atom is 0.338 e. The molecule has 0 bridgehead atoms. The number of phenols is 1. The fraction of sp³-hybridized carbons (Fsp3) is 0.190. The van der Waals surface area contributed by atoms with E-state index in [4.69, 9.17) is 9.47 Å². The van der Waals surface area contributed by atoms with Crippen molar-refractivity contribution in [3.8, 4) is 11.5 Å². The number of nitrogens with zero attached hydrogens (tertiary/aromatic N) is 2. The third kappa shape index (κ3) is 4.60. The van der Waals surface area contributed by atoms with Crippen LogP contribution in [0.25, 0.3) is 6.08 Å². The first kappa shape index (κ1) is 20.5. The number of hydrogen-bond donors (Lipinski definition) is 1. The zero-order chi connectivity index (χ0) is 21.0. The molecule has 1 N–H and O–H groups in total. The summed E-state index contributed by atoms with van der Waals surface area (Å²) in [6.45, 7) is 2.06. The Bertz CT molecular complexity index is 999. The van der Waals surface area contributed by atoms with Crippen molar-refractivity contribution >= 4 is 40.6 Å². The van der Waals surface area contributed by atoms with Gasteiger partial charge in [0.1, 0.15) is 0 Å². The van der Waals surface area contributed by atoms with Crippen molar-refractivity contribution in [1.82, 2.24) is 4.90 Å². The molecule has 2 aromatic carbocycles. The molecule has 0 spiro atoms. The van der Waals surface area contributed by atoms with Crippen molar-refractivity contribution in [1.29, 1.82) is 0 Å². The van der Waals surface area contributed by atoms with Crippen LogP contribution in [0.15, 0.2) is 52.4 Å². The Labute approximate surface area is 172 Å². The number of esters is 1. The summed E-state index contributed by atoms with van der Waals surface area (Å²) in [6.07, 6.45) is 1.69. The van der Waals surface area contributed by atoms with Crippen LogP contribution in [-0.4, -0.2) is 47.8 Å². The lowest BCUT2D eigenvalue weighted by Gasteiger charge is -2.07. The van der Waals surface area contributed by atoms with Crippen molar-refractivity contribution in [3.05, 3.63) is 58.5 Å². The van der Waals surface area contributed by atoms with Gasteiger partial charge in [0.15, 0.2) is 16.7 Å². The summed E-state index contributed by atoms with van der Waals surface area (Å²) in [7, 11) is 3.12. The predicted molar refractivity (Wildman–Crippen MR) is 112 cm³/mol. The van der Waals surface area contributed by atoms with Gasteiger partial charge in [-0.15, -0.1) is 0 Å². The largest absolute Gasteiger partial charge is 0.504 e. The van der Waals surface area contributed by atoms with Gasteiger partial charge in [0.25, 0.3) is 5.91 Å². The molecule has 3 rings (SSSR count). The average Bonchev–Trinajstić information content (AvgIpc) is 2.97. The number of phenolic OH excluding ortho intramolecular Hbond substituents is 1. The van der Waals surface area contributed by atoms with Crippen LogP contribution in [0.3, 0.4) is 0 Å². The number of amides is 1. The Hall–Kier alpha value is -3.26. The van der Waals surface area contributed by atoms with Crippen LogP contribution in [0.1, 0.15) is 22.8 Å². The molecule has 0 unspecified atom stereocenters. The molecule has 0 aliphatic carbocycles. The molecule has 1 amide bonds. The molecule has 0 aromatic heterocycles. The molecule has 8 heteroatoms. The Morgan fingerprint density at radius 3 is 2.59 bits per heavy atom. The van der Waals surface area contributed by atoms with Crippen LogP contribution in [-0.2, 0) is 9.53 Å². The van der Waals surface area contributed by atoms with Crippen LogP contribution in [0.5, 0.6) is 11.5 Å². The Balaban J connectivity index is 1.81. The topological polar surface area (TPSA) is 88.4 Å². The molecule has 0 radical (unpaired) electrons. The number of carbonyl (C=O) groups excluding carboxylic acids is 2. The second-order valence-corrected chi connectivity index (χ2v) is 7.08. The first-order valence-corrected chi connectivity index (χ1v) is 9.65. The Kier molecular flexibility index (Phi) is 6.23. The summed E-state index contributed by atoms with van der Waals surface area (Å²) in [5, 5.41) is 10.4. The fourth-order valence-corrected chi connectivity index (χ4v) is 3.58. The molecule has 150 valence electrons. The average molecular weight is 412 g/mol. The minimum absolute atomic E-state index is 0.00114. The van der Waals surface area contributed by atoms with Crippen LogP contribution in [0, 0.1) is 0 Å². The lowest BCUT2D eigenvalue weighted by molar-refractivity contribution is -0.121. The van der Waals surface area contributed by atoms with E-state index in [0.717, 1.165) is 0 Å². The SMILES string of the molecule is CCOC(=O)c1ccc(N=C2S/C(=C\c3ccc(OC)c(O)c3)C(=O)N2C)cc1. The van der Waals surface area contributed by atoms with E-state index in [-0.39, 0.29) is 17.6 Å². The first-order valence-electron chi connectivity index (χ1n) is 8.83. The molecular formula is C21H20N2O5S. The number of benzene rings is 2. The van der Waals surface area contributed by atoms with E-state index < -0.39 is 0 Å². The number of aromatic hydroxyl groups is 1. The minimum atomic E-state index is -0.387. The highest BCUT2D eigenvalue weighted by Crippen LogP contribution is 2.34. The molecule has 29 heavy (non-hydrogen) atoms. The van der Waals surface area contributed by atoms with E-state index in [0.29, 0.717) is 39.2 Å². The van der Waals surface area contributed by atoms with Crippen LogP contribution in [0.4, 0.5) is 5.69 Å². The van der Waals surface area contributed by atoms with Crippen molar-refractivity contribution in [3.63, 3.8) is 0 Å². The van der Waals surface area contributed by atoms with E-state index in [1.807, 2.05) is 0 Å². The van der Waals surface area contributed by atoms with Crippen LogP contribution >= 0.6 is 11.8 Å². The molecule has 2 aromatic rings. The quantitative estimate of drug-likeness (QED) is 0.593. The van der Waals surface area contributed by atoms with Gasteiger partial charge in [-0.05, 0) is 66.7 Å². The summed E-state index contributed by atoms with van der Waals surface area (Å²) in [5.74, 6) is -0.209. The Morgan fingerprint density at radius 2 is 1.97 bits per heavy atom. The lowest BCUT2D eigenvalue weighted by atomic mass is 10.2. The summed E-state index contributed by atoms with van der Waals surface area (Å²) in [5.41, 5.74) is 1.73. The minimum Gasteiger partial charge on any atom is -0.504 e. The maximum atomic E-state index is 12.5. The fourth-order valence-electron chi connectivity index (χ4n) is 2.60. The van der Waals surface area contributed by atoms with Crippen molar-refractivity contribution in [2.45, 2.75) is 6.92 Å². The smallest absolute Gasteiger partial charge is 0.338 e. The monoisotopic (exact) mass is 412 g/mol. The molecule has 7 nitrogen and oxygen atoms in total. The van der Waals surface area contributed by atoms with Crippen molar-refractivity contribution < 1.29 is 24.2 Å². The number of ether oxygens (including phenoxy) is 2. The number of rotatable bonds is 5. The predicted octanol–water partition coefficient (Wildman–Crippen LogP) is 3.81. The highest BCUT2D eigenvalue weighted by molar-refractivity contribution is 8.18. The van der Waals surface area contributed by atoms with Gasteiger partial charge in [-0.3, -0.25) is 9.69 Å². The van der Waals surface area contributed by atoms with Gasteiger partial charge in [-0.2, -0.15) is 0 Å². The highest BCUT2D eigenvalue weighted by Gasteiger charge is 2.30. The Morgan fingerprint density at radius 1 is 1.24 bits per heavy atom. The summed E-state index contributed by atoms with van der Waals surface area (Å²) in [6, 6.07) is 11.6. The summed E-state index contributed by atoms with van der Waals surface area (Å²) in [4.78, 5) is 30.7. The maximum absolute atomic E-state index is 12.5. The van der Waals surface area contributed by atoms with Gasteiger partial charge in [-0.1, -0.05) is 6.07 Å². The van der Waals surface area contributed by atoms with Gasteiger partial charge in [0, 0.05) is 7.05 Å². The van der Waals surface area contributed by atoms with E-state index in [1.165, 1.54) is 29.8 Å². The zero-order valence-corrected chi connectivity index (χ0v) is 17.0. The highest BCUT2D eigenvalue weighted by atomic mass is 32.2. The third-order valence-electron chi connectivity index (χ3n) is 4.11. The molecule has 1 saturated heterocycles. The van der Waals surface area contributed by atoms with E-state index in [2.05, 4.69) is 4.99 Å². The van der Waals surface area contributed by atoms with Crippen LogP contribution < -0.4 is 4.74 Å². The third-order valence-corrected chi connectivity index (χ3v) is 5.17. The van der Waals surface area contributed by atoms with Gasteiger partial charge in [-0.25, -0.2) is 9.79 Å². The number of methoxy groups -OCH3 is 1. The molecule has 0 atom stereocenters. The second kappa shape index (κ2) is 8.83. The number of thioether (sulfide) groups is 1. The normalized spacial score (nSPS) is 16.5. The first-order chi connectivity index (χ1) is 13.9. The van der Waals surface area contributed by atoms with Gasteiger partial charge in [0.05, 0.1) is 29.9 Å². The lowest BCUT2D eigenvalue weighted by Crippen LogP contribution is -2.23. The molecule has 1 heterocycles. The summed E-state index contributed by atoms with van der Waals surface area (Å²) < 4.78 is 9.99. The van der Waals surface area contributed by atoms with Gasteiger partial charge >= 0.3 is 5.97 Å². The van der Waals surface area contributed by atoms with Crippen molar-refractivity contribution in [2.24, 2.45) is 4.99 Å². The van der Waals surface area contributed by atoms with E-state index >= 15 is 0 Å². The number of carbonyl (C=O) groups is 2. The number of amidine groups is 1. The number of likely N-dealkylation sites (N-methyl/N-ethyl adjacent to an activating group) is 1. The molecule has 0 saturated carbocycles. The van der Waals surface area contributed by atoms with Crippen molar-refractivity contribution in [2.75, 3.05) is 20.8 Å². The van der Waals surface area contributed by atoms with E-state index in [1.54, 1.807) is 56.4 Å². The van der Waals surface area contributed by atoms with E-state index in [9.17, 15) is 14.7 Å². The number of hydrogen-bond acceptors (Lipinski definition) is 7. The molecule has 1 aliphatic heterocycles. The molecule has 1 aliphatic rings. The van der Waals surface area contributed by atoms with Crippen LogP contribution in [0.2, 0.25) is 0 Å². The molecular weight excluding hydrogens is 392 g/mol. The zero-order valence-electron chi connectivity index (χ0n) is 16.2. The molecule has 1 fully saturated rings. The summed E-state index contributed by atoms with van der Waals surface area (Å²) >= 11 is 1.23. The number of aliphatic imine (C=N–C) groups is 1. The second-order valence-electron chi connectivity index (χ2n) is 6.07. The standard InChI is InChI=1S/C21H20N2O5S/c1-4-28-20(26)14-6-8-15(9-7-14)22-21-23(2)19(25)18(29-21)12-13-5-10-17(27-3)16(24)11-13/h5-12,24H,4H2,1-3H3/b18-12-,22-21?. The van der Waals surface area contributed by atoms with Gasteiger partial charge in [0.2, 0.25) is 0 Å².